The summed E-state index contributed by atoms with van der Waals surface area (Å²) >= 11 is 0. The summed E-state index contributed by atoms with van der Waals surface area (Å²) in [7, 11) is 0. The van der Waals surface area contributed by atoms with Gasteiger partial charge in [0, 0.05) is 17.7 Å². The van der Waals surface area contributed by atoms with Crippen molar-refractivity contribution in [2.75, 3.05) is 5.73 Å². The van der Waals surface area contributed by atoms with Crippen LogP contribution in [0.25, 0.3) is 33.7 Å². The van der Waals surface area contributed by atoms with Crippen molar-refractivity contribution in [1.82, 2.24) is 19.9 Å². The van der Waals surface area contributed by atoms with E-state index < -0.39 is 11.8 Å². The lowest BCUT2D eigenvalue weighted by atomic mass is 9.85. The third-order valence-corrected chi connectivity index (χ3v) is 6.20. The Labute approximate surface area is 195 Å². The van der Waals surface area contributed by atoms with Crippen LogP contribution in [0.5, 0.6) is 5.88 Å². The molecule has 2 aromatic carbocycles. The first-order valence-corrected chi connectivity index (χ1v) is 11.2. The van der Waals surface area contributed by atoms with Crippen LogP contribution in [0.1, 0.15) is 32.1 Å². The second-order valence-corrected chi connectivity index (χ2v) is 8.65. The number of H-pyrrole nitrogens is 1. The standard InChI is InChI=1S/C25H24FN5O3/c26-19-10-15(3-7-18(19)25-30-20-8-4-16(27)11-21(20)31-25)22-12-29-23(13-28-22)34-17-5-1-14(2-6-17)9-24(32)33/h3-4,7-8,10-14,17H,1-2,5-6,9,27H2,(H,30,31)(H,32,33). The van der Waals surface area contributed by atoms with Gasteiger partial charge in [-0.3, -0.25) is 4.79 Å². The Morgan fingerprint density at radius 1 is 1.12 bits per heavy atom. The zero-order chi connectivity index (χ0) is 23.7. The van der Waals surface area contributed by atoms with Crippen LogP contribution in [-0.2, 0) is 4.79 Å². The molecule has 4 aromatic rings. The molecule has 1 saturated carbocycles. The molecule has 1 aliphatic carbocycles. The van der Waals surface area contributed by atoms with Crippen molar-refractivity contribution >= 4 is 22.7 Å². The predicted octanol–water partition coefficient (Wildman–Crippen LogP) is 4.82. The Kier molecular flexibility index (Phi) is 5.83. The van der Waals surface area contributed by atoms with Gasteiger partial charge in [-0.15, -0.1) is 0 Å². The maximum absolute atomic E-state index is 14.9. The number of halogens is 1. The SMILES string of the molecule is Nc1ccc2nc(-c3ccc(-c4cnc(OC5CCC(CC(=O)O)CC5)cn4)cc3F)[nH]c2c1. The number of benzene rings is 2. The molecule has 0 saturated heterocycles. The number of rotatable bonds is 6. The van der Waals surface area contributed by atoms with Gasteiger partial charge in [0.15, 0.2) is 0 Å². The van der Waals surface area contributed by atoms with Gasteiger partial charge in [0.25, 0.3) is 0 Å². The molecule has 4 N–H and O–H groups in total. The van der Waals surface area contributed by atoms with Crippen LogP contribution in [0.2, 0.25) is 0 Å². The molecule has 2 aromatic heterocycles. The van der Waals surface area contributed by atoms with Crippen LogP contribution in [0.4, 0.5) is 10.1 Å². The second-order valence-electron chi connectivity index (χ2n) is 8.65. The molecular formula is C25H24FN5O3. The summed E-state index contributed by atoms with van der Waals surface area (Å²) in [6, 6.07) is 10.1. The van der Waals surface area contributed by atoms with Crippen molar-refractivity contribution in [3.05, 3.63) is 54.6 Å². The largest absolute Gasteiger partial charge is 0.481 e. The summed E-state index contributed by atoms with van der Waals surface area (Å²) in [5, 5.41) is 8.93. The average molecular weight is 461 g/mol. The number of carboxylic acid groups (broad SMARTS) is 1. The molecule has 0 radical (unpaired) electrons. The normalized spacial score (nSPS) is 18.1. The molecule has 0 unspecified atom stereocenters. The molecule has 0 aliphatic heterocycles. The second kappa shape index (κ2) is 9.09. The van der Waals surface area contributed by atoms with Gasteiger partial charge in [-0.2, -0.15) is 0 Å². The molecule has 0 bridgehead atoms. The topological polar surface area (TPSA) is 127 Å². The number of imidazole rings is 1. The molecule has 34 heavy (non-hydrogen) atoms. The number of carbonyl (C=O) groups is 1. The molecule has 0 spiro atoms. The van der Waals surface area contributed by atoms with Gasteiger partial charge in [-0.1, -0.05) is 6.07 Å². The molecule has 0 amide bonds. The Balaban J connectivity index is 1.26. The van der Waals surface area contributed by atoms with E-state index in [1.54, 1.807) is 36.5 Å². The molecule has 0 atom stereocenters. The third-order valence-electron chi connectivity index (χ3n) is 6.20. The monoisotopic (exact) mass is 461 g/mol. The smallest absolute Gasteiger partial charge is 0.303 e. The van der Waals surface area contributed by atoms with E-state index in [1.165, 1.54) is 12.3 Å². The van der Waals surface area contributed by atoms with E-state index in [9.17, 15) is 9.18 Å². The highest BCUT2D eigenvalue weighted by molar-refractivity contribution is 5.82. The molecule has 8 nitrogen and oxygen atoms in total. The van der Waals surface area contributed by atoms with E-state index in [2.05, 4.69) is 19.9 Å². The number of carboxylic acids is 1. The van der Waals surface area contributed by atoms with Crippen LogP contribution >= 0.6 is 0 Å². The number of nitrogens with one attached hydrogen (secondary N) is 1. The number of ether oxygens (including phenoxy) is 1. The summed E-state index contributed by atoms with van der Waals surface area (Å²) in [5.74, 6) is -0.133. The molecular weight excluding hydrogens is 437 g/mol. The van der Waals surface area contributed by atoms with Crippen LogP contribution in [0.15, 0.2) is 48.8 Å². The number of nitrogens with two attached hydrogens (primary N) is 1. The van der Waals surface area contributed by atoms with Gasteiger partial charge < -0.3 is 20.6 Å². The quantitative estimate of drug-likeness (QED) is 0.351. The fourth-order valence-electron chi connectivity index (χ4n) is 4.42. The number of aromatic amines is 1. The summed E-state index contributed by atoms with van der Waals surface area (Å²) < 4.78 is 20.9. The van der Waals surface area contributed by atoms with Crippen molar-refractivity contribution in [2.24, 2.45) is 5.92 Å². The summed E-state index contributed by atoms with van der Waals surface area (Å²) in [6.07, 6.45) is 6.55. The lowest BCUT2D eigenvalue weighted by molar-refractivity contribution is -0.138. The Morgan fingerprint density at radius 3 is 2.65 bits per heavy atom. The summed E-state index contributed by atoms with van der Waals surface area (Å²) in [6.45, 7) is 0. The number of aromatic nitrogens is 4. The van der Waals surface area contributed by atoms with Crippen LogP contribution in [0, 0.1) is 11.7 Å². The molecule has 174 valence electrons. The van der Waals surface area contributed by atoms with Crippen molar-refractivity contribution in [3.63, 3.8) is 0 Å². The highest BCUT2D eigenvalue weighted by Gasteiger charge is 2.24. The maximum Gasteiger partial charge on any atom is 0.303 e. The van der Waals surface area contributed by atoms with Crippen molar-refractivity contribution in [2.45, 2.75) is 38.2 Å². The van der Waals surface area contributed by atoms with Gasteiger partial charge in [0.05, 0.1) is 34.7 Å². The van der Waals surface area contributed by atoms with E-state index >= 15 is 0 Å². The number of hydrogen-bond acceptors (Lipinski definition) is 6. The minimum atomic E-state index is -0.752. The Bertz CT molecular complexity index is 1330. The molecule has 1 fully saturated rings. The number of nitrogens with zero attached hydrogens (tertiary/aromatic N) is 3. The third kappa shape index (κ3) is 4.68. The van der Waals surface area contributed by atoms with Gasteiger partial charge in [-0.25, -0.2) is 19.3 Å². The molecule has 9 heteroatoms. The summed E-state index contributed by atoms with van der Waals surface area (Å²) in [5.41, 5.74) is 9.34. The lowest BCUT2D eigenvalue weighted by Crippen LogP contribution is -2.25. The van der Waals surface area contributed by atoms with Crippen LogP contribution < -0.4 is 10.5 Å². The van der Waals surface area contributed by atoms with Crippen molar-refractivity contribution in [3.8, 4) is 28.5 Å². The Morgan fingerprint density at radius 2 is 1.94 bits per heavy atom. The van der Waals surface area contributed by atoms with Gasteiger partial charge in [-0.05, 0) is 61.9 Å². The number of aliphatic carboxylic acids is 1. The lowest BCUT2D eigenvalue weighted by Gasteiger charge is -2.27. The van der Waals surface area contributed by atoms with E-state index in [-0.39, 0.29) is 18.4 Å². The van der Waals surface area contributed by atoms with E-state index in [0.717, 1.165) is 31.2 Å². The first-order chi connectivity index (χ1) is 16.4. The zero-order valence-electron chi connectivity index (χ0n) is 18.4. The number of fused-ring (bicyclic) bond motifs is 1. The minimum absolute atomic E-state index is 0.00100. The summed E-state index contributed by atoms with van der Waals surface area (Å²) in [4.78, 5) is 27.1. The van der Waals surface area contributed by atoms with E-state index in [4.69, 9.17) is 15.6 Å². The maximum atomic E-state index is 14.9. The first kappa shape index (κ1) is 21.8. The predicted molar refractivity (Wildman–Crippen MR) is 126 cm³/mol. The van der Waals surface area contributed by atoms with Gasteiger partial charge >= 0.3 is 5.97 Å². The molecule has 5 rings (SSSR count). The average Bonchev–Trinajstić information content (AvgIpc) is 3.23. The van der Waals surface area contributed by atoms with Crippen molar-refractivity contribution in [1.29, 1.82) is 0 Å². The molecule has 1 aliphatic rings. The minimum Gasteiger partial charge on any atom is -0.481 e. The van der Waals surface area contributed by atoms with Gasteiger partial charge in [0.1, 0.15) is 17.7 Å². The number of nitrogen functional groups attached to an aromatic ring is 1. The fraction of sp³-hybridized carbons (Fsp3) is 0.280. The van der Waals surface area contributed by atoms with Crippen LogP contribution in [0.3, 0.4) is 0 Å². The fourth-order valence-corrected chi connectivity index (χ4v) is 4.42. The zero-order valence-corrected chi connectivity index (χ0v) is 18.4. The van der Waals surface area contributed by atoms with Crippen molar-refractivity contribution < 1.29 is 19.0 Å². The van der Waals surface area contributed by atoms with E-state index in [0.29, 0.717) is 39.7 Å². The first-order valence-electron chi connectivity index (χ1n) is 11.2. The van der Waals surface area contributed by atoms with Crippen LogP contribution in [-0.4, -0.2) is 37.1 Å². The van der Waals surface area contributed by atoms with E-state index in [1.807, 2.05) is 0 Å². The highest BCUT2D eigenvalue weighted by atomic mass is 19.1. The Hall–Kier alpha value is -4.01. The molecule has 2 heterocycles. The number of hydrogen-bond donors (Lipinski definition) is 3. The highest BCUT2D eigenvalue weighted by Crippen LogP contribution is 2.30. The number of anilines is 1. The van der Waals surface area contributed by atoms with Gasteiger partial charge in [0.2, 0.25) is 5.88 Å².